The summed E-state index contributed by atoms with van der Waals surface area (Å²) < 4.78 is 11.2. The van der Waals surface area contributed by atoms with Gasteiger partial charge in [0.2, 0.25) is 5.91 Å². The summed E-state index contributed by atoms with van der Waals surface area (Å²) in [5, 5.41) is 12.2. The third kappa shape index (κ3) is 6.32. The van der Waals surface area contributed by atoms with E-state index in [1.54, 1.807) is 18.4 Å². The first kappa shape index (κ1) is 24.7. The summed E-state index contributed by atoms with van der Waals surface area (Å²) in [4.78, 5) is 18.6. The van der Waals surface area contributed by atoms with Crippen LogP contribution < -0.4 is 4.74 Å². The highest BCUT2D eigenvalue weighted by Gasteiger charge is 2.33. The lowest BCUT2D eigenvalue weighted by molar-refractivity contribution is -0.136. The smallest absolute Gasteiger partial charge is 0.237 e. The van der Waals surface area contributed by atoms with Crippen LogP contribution in [-0.4, -0.2) is 73.4 Å². The van der Waals surface area contributed by atoms with E-state index in [4.69, 9.17) is 9.47 Å². The first-order chi connectivity index (χ1) is 15.4. The summed E-state index contributed by atoms with van der Waals surface area (Å²) in [6.45, 7) is 9.10. The number of amides is 1. The highest BCUT2D eigenvalue weighted by atomic mass is 32.1. The van der Waals surface area contributed by atoms with Crippen LogP contribution >= 0.6 is 11.3 Å². The number of benzene rings is 1. The average Bonchev–Trinajstić information content (AvgIpc) is 3.26. The van der Waals surface area contributed by atoms with Crippen LogP contribution in [0.25, 0.3) is 0 Å². The number of thiophene rings is 1. The third-order valence-electron chi connectivity index (χ3n) is 6.00. The monoisotopic (exact) mass is 460 g/mol. The van der Waals surface area contributed by atoms with Crippen molar-refractivity contribution in [3.8, 4) is 5.75 Å². The third-order valence-corrected chi connectivity index (χ3v) is 7.00. The maximum absolute atomic E-state index is 13.3. The maximum atomic E-state index is 13.3. The van der Waals surface area contributed by atoms with E-state index in [1.807, 2.05) is 28.9 Å². The molecule has 0 saturated carbocycles. The molecular weight excluding hydrogens is 424 g/mol. The van der Waals surface area contributed by atoms with Crippen molar-refractivity contribution >= 4 is 17.2 Å². The molecule has 176 valence electrons. The predicted molar refractivity (Wildman–Crippen MR) is 128 cm³/mol. The highest BCUT2D eigenvalue weighted by molar-refractivity contribution is 7.10. The van der Waals surface area contributed by atoms with Crippen LogP contribution in [0.2, 0.25) is 0 Å². The molecule has 0 unspecified atom stereocenters. The van der Waals surface area contributed by atoms with Crippen molar-refractivity contribution in [2.45, 2.75) is 45.3 Å². The Bertz CT molecular complexity index is 852. The second-order valence-corrected chi connectivity index (χ2v) is 9.62. The number of aliphatic hydroxyl groups excluding tert-OH is 1. The lowest BCUT2D eigenvalue weighted by Crippen LogP contribution is -2.48. The van der Waals surface area contributed by atoms with Crippen molar-refractivity contribution in [2.24, 2.45) is 0 Å². The lowest BCUT2D eigenvalue weighted by atomic mass is 10.00. The predicted octanol–water partition coefficient (Wildman–Crippen LogP) is 3.71. The van der Waals surface area contributed by atoms with E-state index < -0.39 is 6.10 Å². The second-order valence-electron chi connectivity index (χ2n) is 8.62. The fraction of sp³-hybridized carbons (Fsp3) is 0.560. The summed E-state index contributed by atoms with van der Waals surface area (Å²) in [5.41, 5.74) is 2.47. The normalized spacial score (nSPS) is 17.0. The molecule has 0 saturated heterocycles. The van der Waals surface area contributed by atoms with Crippen molar-refractivity contribution in [1.82, 2.24) is 9.80 Å². The van der Waals surface area contributed by atoms with Crippen LogP contribution in [0.5, 0.6) is 5.75 Å². The van der Waals surface area contributed by atoms with Crippen LogP contribution in [0.1, 0.15) is 48.7 Å². The van der Waals surface area contributed by atoms with Gasteiger partial charge in [0, 0.05) is 25.1 Å². The topological polar surface area (TPSA) is 62.2 Å². The molecule has 1 aromatic heterocycles. The molecule has 1 N–H and O–H groups in total. The SMILES string of the molecule is CCN(CC(=O)N1CCc2sccc2[C@@H]1COc1ccc(C(C)C)cc1)C[C@@H](O)COC. The number of hydrogen-bond donors (Lipinski definition) is 1. The molecule has 0 radical (unpaired) electrons. The maximum Gasteiger partial charge on any atom is 0.237 e. The van der Waals surface area contributed by atoms with Gasteiger partial charge < -0.3 is 19.5 Å². The van der Waals surface area contributed by atoms with Gasteiger partial charge in [-0.25, -0.2) is 0 Å². The second kappa shape index (κ2) is 11.8. The Morgan fingerprint density at radius 2 is 2.03 bits per heavy atom. The number of likely N-dealkylation sites (N-methyl/N-ethyl adjacent to an activating group) is 1. The molecular formula is C25H36N2O4S. The summed E-state index contributed by atoms with van der Waals surface area (Å²) in [6, 6.07) is 10.2. The van der Waals surface area contributed by atoms with E-state index >= 15 is 0 Å². The Hall–Kier alpha value is -1.93. The van der Waals surface area contributed by atoms with Crippen LogP contribution in [0.4, 0.5) is 0 Å². The molecule has 7 heteroatoms. The van der Waals surface area contributed by atoms with E-state index in [0.717, 1.165) is 12.2 Å². The van der Waals surface area contributed by atoms with Gasteiger partial charge in [-0.05, 0) is 53.6 Å². The molecule has 1 aromatic carbocycles. The number of ether oxygens (including phenoxy) is 2. The van der Waals surface area contributed by atoms with Gasteiger partial charge in [0.15, 0.2) is 0 Å². The van der Waals surface area contributed by atoms with Gasteiger partial charge in [0.25, 0.3) is 0 Å². The Kier molecular flexibility index (Phi) is 9.11. The number of hydrogen-bond acceptors (Lipinski definition) is 6. The minimum atomic E-state index is -0.606. The quantitative estimate of drug-likeness (QED) is 0.554. The zero-order chi connectivity index (χ0) is 23.1. The number of rotatable bonds is 11. The molecule has 6 nitrogen and oxygen atoms in total. The zero-order valence-corrected chi connectivity index (χ0v) is 20.4. The van der Waals surface area contributed by atoms with Crippen LogP contribution in [0.3, 0.4) is 0 Å². The van der Waals surface area contributed by atoms with Gasteiger partial charge in [-0.1, -0.05) is 32.9 Å². The summed E-state index contributed by atoms with van der Waals surface area (Å²) in [6.07, 6.45) is 0.266. The summed E-state index contributed by atoms with van der Waals surface area (Å²) in [7, 11) is 1.57. The highest BCUT2D eigenvalue weighted by Crippen LogP contribution is 2.34. The Labute approximate surface area is 195 Å². The van der Waals surface area contributed by atoms with E-state index in [2.05, 4.69) is 37.4 Å². The molecule has 3 rings (SSSR count). The molecule has 1 aliphatic rings. The lowest BCUT2D eigenvalue weighted by Gasteiger charge is -2.37. The molecule has 0 bridgehead atoms. The number of fused-ring (bicyclic) bond motifs is 1. The zero-order valence-electron chi connectivity index (χ0n) is 19.6. The van der Waals surface area contributed by atoms with E-state index in [1.165, 1.54) is 16.0 Å². The Balaban J connectivity index is 1.69. The number of nitrogens with zero attached hydrogens (tertiary/aromatic N) is 2. The molecule has 0 aliphatic carbocycles. The van der Waals surface area contributed by atoms with Crippen LogP contribution in [0.15, 0.2) is 35.7 Å². The van der Waals surface area contributed by atoms with Crippen molar-refractivity contribution in [3.05, 3.63) is 51.7 Å². The van der Waals surface area contributed by atoms with Gasteiger partial charge in [-0.2, -0.15) is 0 Å². The Morgan fingerprint density at radius 3 is 2.69 bits per heavy atom. The molecule has 2 aromatic rings. The standard InChI is InChI=1S/C25H36N2O4S/c1-5-26(14-20(28)16-30-4)15-25(29)27-12-10-24-22(11-13-32-24)23(27)17-31-21-8-6-19(7-9-21)18(2)3/h6-9,11,13,18,20,23,28H,5,10,12,14-17H2,1-4H3/t20-,23+/m1/s1. The molecule has 32 heavy (non-hydrogen) atoms. The fourth-order valence-corrected chi connectivity index (χ4v) is 5.06. The van der Waals surface area contributed by atoms with Gasteiger partial charge in [-0.15, -0.1) is 11.3 Å². The van der Waals surface area contributed by atoms with Crippen LogP contribution in [0, 0.1) is 0 Å². The van der Waals surface area contributed by atoms with Crippen molar-refractivity contribution < 1.29 is 19.4 Å². The minimum absolute atomic E-state index is 0.0667. The van der Waals surface area contributed by atoms with Gasteiger partial charge in [-0.3, -0.25) is 9.69 Å². The number of carbonyl (C=O) groups excluding carboxylic acids is 1. The molecule has 2 heterocycles. The first-order valence-corrected chi connectivity index (χ1v) is 12.3. The number of carbonyl (C=O) groups is 1. The van der Waals surface area contributed by atoms with E-state index in [-0.39, 0.29) is 25.1 Å². The van der Waals surface area contributed by atoms with Crippen molar-refractivity contribution in [2.75, 3.05) is 46.5 Å². The first-order valence-electron chi connectivity index (χ1n) is 11.4. The largest absolute Gasteiger partial charge is 0.491 e. The van der Waals surface area contributed by atoms with Gasteiger partial charge in [0.05, 0.1) is 25.3 Å². The van der Waals surface area contributed by atoms with Crippen molar-refractivity contribution in [1.29, 1.82) is 0 Å². The van der Waals surface area contributed by atoms with Gasteiger partial charge in [0.1, 0.15) is 12.4 Å². The molecule has 1 amide bonds. The number of methoxy groups -OCH3 is 1. The minimum Gasteiger partial charge on any atom is -0.491 e. The average molecular weight is 461 g/mol. The summed E-state index contributed by atoms with van der Waals surface area (Å²) >= 11 is 1.75. The molecule has 0 fully saturated rings. The fourth-order valence-electron chi connectivity index (χ4n) is 4.13. The molecule has 0 spiro atoms. The van der Waals surface area contributed by atoms with Crippen LogP contribution in [-0.2, 0) is 16.0 Å². The van der Waals surface area contributed by atoms with E-state index in [9.17, 15) is 9.90 Å². The van der Waals surface area contributed by atoms with Gasteiger partial charge >= 0.3 is 0 Å². The van der Waals surface area contributed by atoms with E-state index in [0.29, 0.717) is 32.2 Å². The Morgan fingerprint density at radius 1 is 1.28 bits per heavy atom. The molecule has 2 atom stereocenters. The van der Waals surface area contributed by atoms with Crippen molar-refractivity contribution in [3.63, 3.8) is 0 Å². The molecule has 1 aliphatic heterocycles. The summed E-state index contributed by atoms with van der Waals surface area (Å²) in [5.74, 6) is 1.37. The number of aliphatic hydroxyl groups is 1.